The Morgan fingerprint density at radius 1 is 1.22 bits per heavy atom. The molecule has 0 radical (unpaired) electrons. The molecule has 0 spiro atoms. The molecular formula is C19H23NO3. The van der Waals surface area contributed by atoms with Crippen LogP contribution in [0.1, 0.15) is 46.6 Å². The summed E-state index contributed by atoms with van der Waals surface area (Å²) < 4.78 is 5.61. The van der Waals surface area contributed by atoms with Crippen LogP contribution in [0, 0.1) is 10.8 Å². The van der Waals surface area contributed by atoms with Gasteiger partial charge >= 0.3 is 5.97 Å². The van der Waals surface area contributed by atoms with Gasteiger partial charge in [0.2, 0.25) is 0 Å². The van der Waals surface area contributed by atoms with Crippen LogP contribution in [0.4, 0.5) is 5.69 Å². The molecule has 1 saturated heterocycles. The van der Waals surface area contributed by atoms with Crippen molar-refractivity contribution < 1.29 is 14.3 Å². The number of para-hydroxylation sites is 1. The van der Waals surface area contributed by atoms with E-state index in [0.29, 0.717) is 12.8 Å². The van der Waals surface area contributed by atoms with Crippen LogP contribution in [-0.2, 0) is 20.7 Å². The van der Waals surface area contributed by atoms with Crippen LogP contribution in [0.3, 0.4) is 0 Å². The average molecular weight is 313 g/mol. The van der Waals surface area contributed by atoms with E-state index in [9.17, 15) is 9.59 Å². The quantitative estimate of drug-likeness (QED) is 0.632. The fourth-order valence-electron chi connectivity index (χ4n) is 3.82. The Hall–Kier alpha value is -1.97. The maximum atomic E-state index is 12.7. The minimum absolute atomic E-state index is 0.142. The third kappa shape index (κ3) is 2.00. The Morgan fingerprint density at radius 3 is 2.39 bits per heavy atom. The number of benzene rings is 1. The van der Waals surface area contributed by atoms with E-state index < -0.39 is 22.4 Å². The number of carbonyl (C=O) groups is 2. The lowest BCUT2D eigenvalue weighted by molar-refractivity contribution is -0.154. The highest BCUT2D eigenvalue weighted by Crippen LogP contribution is 2.58. The number of rotatable bonds is 3. The van der Waals surface area contributed by atoms with Crippen molar-refractivity contribution in [3.63, 3.8) is 0 Å². The van der Waals surface area contributed by atoms with Crippen molar-refractivity contribution in [2.24, 2.45) is 15.8 Å². The molecule has 3 rings (SSSR count). The van der Waals surface area contributed by atoms with E-state index >= 15 is 0 Å². The topological polar surface area (TPSA) is 55.7 Å². The number of nitrogens with zero attached hydrogens (tertiary/aromatic N) is 1. The second-order valence-corrected chi connectivity index (χ2v) is 7.65. The van der Waals surface area contributed by atoms with Gasteiger partial charge < -0.3 is 4.74 Å². The van der Waals surface area contributed by atoms with E-state index in [2.05, 4.69) is 4.99 Å². The van der Waals surface area contributed by atoms with Gasteiger partial charge in [-0.05, 0) is 32.4 Å². The standard InChI is InChI=1S/C19H23NO3/c1-12(21)19(16(22)23-18(4,5)17(19,2)3)11-14-10-13-8-6-7-9-15(13)20-14/h6-9H,10-11H2,1-5H3. The summed E-state index contributed by atoms with van der Waals surface area (Å²) in [4.78, 5) is 30.0. The molecule has 0 aliphatic carbocycles. The zero-order valence-electron chi connectivity index (χ0n) is 14.4. The fraction of sp³-hybridized carbons (Fsp3) is 0.526. The molecule has 2 heterocycles. The lowest BCUT2D eigenvalue weighted by Gasteiger charge is -2.41. The number of ketones is 1. The van der Waals surface area contributed by atoms with Crippen molar-refractivity contribution in [1.29, 1.82) is 0 Å². The second kappa shape index (κ2) is 4.76. The van der Waals surface area contributed by atoms with Gasteiger partial charge in [-0.2, -0.15) is 0 Å². The molecule has 4 nitrogen and oxygen atoms in total. The maximum Gasteiger partial charge on any atom is 0.321 e. The summed E-state index contributed by atoms with van der Waals surface area (Å²) in [6.07, 6.45) is 1.02. The molecule has 1 atom stereocenters. The van der Waals surface area contributed by atoms with Crippen molar-refractivity contribution in [2.45, 2.75) is 53.1 Å². The molecule has 1 aromatic rings. The first kappa shape index (κ1) is 15.9. The monoisotopic (exact) mass is 313 g/mol. The molecule has 2 aliphatic heterocycles. The van der Waals surface area contributed by atoms with Gasteiger partial charge in [0.25, 0.3) is 0 Å². The number of hydrogen-bond acceptors (Lipinski definition) is 4. The van der Waals surface area contributed by atoms with Crippen LogP contribution >= 0.6 is 0 Å². The van der Waals surface area contributed by atoms with Crippen molar-refractivity contribution in [3.05, 3.63) is 29.8 Å². The highest BCUT2D eigenvalue weighted by molar-refractivity contribution is 6.10. The van der Waals surface area contributed by atoms with E-state index in [-0.39, 0.29) is 5.78 Å². The van der Waals surface area contributed by atoms with E-state index in [4.69, 9.17) is 4.74 Å². The van der Waals surface area contributed by atoms with Crippen LogP contribution in [-0.4, -0.2) is 23.1 Å². The number of hydrogen-bond donors (Lipinski definition) is 0. The molecule has 1 unspecified atom stereocenters. The zero-order valence-corrected chi connectivity index (χ0v) is 14.4. The third-order valence-electron chi connectivity index (χ3n) is 6.00. The lowest BCUT2D eigenvalue weighted by Crippen LogP contribution is -2.51. The number of esters is 1. The fourth-order valence-corrected chi connectivity index (χ4v) is 3.82. The van der Waals surface area contributed by atoms with Crippen LogP contribution < -0.4 is 0 Å². The van der Waals surface area contributed by atoms with Gasteiger partial charge in [-0.3, -0.25) is 14.6 Å². The Bertz CT molecular complexity index is 730. The number of aliphatic imine (C=N–C) groups is 1. The highest BCUT2D eigenvalue weighted by atomic mass is 16.6. The van der Waals surface area contributed by atoms with Crippen molar-refractivity contribution in [1.82, 2.24) is 0 Å². The predicted octanol–water partition coefficient (Wildman–Crippen LogP) is 3.64. The molecule has 4 heteroatoms. The SMILES string of the molecule is CC(=O)C1(CC2=Nc3ccccc3C2)C(=O)OC(C)(C)C1(C)C. The zero-order chi connectivity index (χ0) is 17.0. The Morgan fingerprint density at radius 2 is 1.87 bits per heavy atom. The maximum absolute atomic E-state index is 12.7. The van der Waals surface area contributed by atoms with Crippen molar-refractivity contribution in [2.75, 3.05) is 0 Å². The molecule has 0 aromatic heterocycles. The summed E-state index contributed by atoms with van der Waals surface area (Å²) in [5.41, 5.74) is 0.484. The smallest absolute Gasteiger partial charge is 0.321 e. The number of carbonyl (C=O) groups excluding carboxylic acids is 2. The molecule has 122 valence electrons. The lowest BCUT2D eigenvalue weighted by atomic mass is 9.56. The van der Waals surface area contributed by atoms with E-state index in [1.54, 1.807) is 0 Å². The first-order chi connectivity index (χ1) is 10.6. The van der Waals surface area contributed by atoms with Crippen LogP contribution in [0.25, 0.3) is 0 Å². The number of ether oxygens (including phenoxy) is 1. The van der Waals surface area contributed by atoms with Crippen LogP contribution in [0.5, 0.6) is 0 Å². The summed E-state index contributed by atoms with van der Waals surface area (Å²) in [5.74, 6) is -0.560. The van der Waals surface area contributed by atoms with Gasteiger partial charge in [0.05, 0.1) is 5.69 Å². The highest BCUT2D eigenvalue weighted by Gasteiger charge is 2.69. The van der Waals surface area contributed by atoms with Gasteiger partial charge in [0.1, 0.15) is 16.8 Å². The molecule has 0 bridgehead atoms. The number of fused-ring (bicyclic) bond motifs is 1. The van der Waals surface area contributed by atoms with Crippen molar-refractivity contribution >= 4 is 23.2 Å². The number of cyclic esters (lactones) is 1. The van der Waals surface area contributed by atoms with Crippen LogP contribution in [0.15, 0.2) is 29.3 Å². The summed E-state index contributed by atoms with van der Waals surface area (Å²) >= 11 is 0. The summed E-state index contributed by atoms with van der Waals surface area (Å²) in [6.45, 7) is 9.14. The normalized spacial score (nSPS) is 27.3. The Balaban J connectivity index is 2.02. The first-order valence-electron chi connectivity index (χ1n) is 8.01. The molecule has 2 aliphatic rings. The van der Waals surface area contributed by atoms with Gasteiger partial charge in [-0.1, -0.05) is 32.0 Å². The Labute approximate surface area is 136 Å². The third-order valence-corrected chi connectivity index (χ3v) is 6.00. The van der Waals surface area contributed by atoms with E-state index in [0.717, 1.165) is 17.0 Å². The summed E-state index contributed by atoms with van der Waals surface area (Å²) in [5, 5.41) is 0. The molecule has 0 N–H and O–H groups in total. The van der Waals surface area contributed by atoms with Gasteiger partial charge in [-0.25, -0.2) is 0 Å². The molecule has 1 fully saturated rings. The molecule has 0 amide bonds. The largest absolute Gasteiger partial charge is 0.458 e. The molecule has 0 saturated carbocycles. The van der Waals surface area contributed by atoms with E-state index in [1.165, 1.54) is 6.92 Å². The minimum atomic E-state index is -1.17. The van der Waals surface area contributed by atoms with Crippen LogP contribution in [0.2, 0.25) is 0 Å². The van der Waals surface area contributed by atoms with Crippen molar-refractivity contribution in [3.8, 4) is 0 Å². The summed E-state index contributed by atoms with van der Waals surface area (Å²) in [7, 11) is 0. The summed E-state index contributed by atoms with van der Waals surface area (Å²) in [6, 6.07) is 7.93. The minimum Gasteiger partial charge on any atom is -0.458 e. The van der Waals surface area contributed by atoms with Gasteiger partial charge in [-0.15, -0.1) is 0 Å². The molecule has 23 heavy (non-hydrogen) atoms. The second-order valence-electron chi connectivity index (χ2n) is 7.65. The Kier molecular flexibility index (Phi) is 3.29. The van der Waals surface area contributed by atoms with Gasteiger partial charge in [0, 0.05) is 24.0 Å². The van der Waals surface area contributed by atoms with E-state index in [1.807, 2.05) is 52.0 Å². The predicted molar refractivity (Wildman–Crippen MR) is 88.9 cm³/mol. The molecule has 1 aromatic carbocycles. The first-order valence-corrected chi connectivity index (χ1v) is 8.01. The average Bonchev–Trinajstić information content (AvgIpc) is 2.90. The number of Topliss-reactive ketones (excluding diaryl/α,β-unsaturated/α-hetero) is 1. The molecular weight excluding hydrogens is 290 g/mol. The van der Waals surface area contributed by atoms with Gasteiger partial charge in [0.15, 0.2) is 0 Å².